The number of nitrogens with zero attached hydrogens (tertiary/aromatic N) is 2. The smallest absolute Gasteiger partial charge is 0.306 e. The maximum atomic E-state index is 12.0. The summed E-state index contributed by atoms with van der Waals surface area (Å²) in [6, 6.07) is -0.412. The number of esters is 1. The molecule has 1 unspecified atom stereocenters. The highest BCUT2D eigenvalue weighted by molar-refractivity contribution is 7.87. The first kappa shape index (κ1) is 16.0. The van der Waals surface area contributed by atoms with Crippen LogP contribution in [0.1, 0.15) is 24.4 Å². The van der Waals surface area contributed by atoms with E-state index in [2.05, 4.69) is 14.4 Å². The predicted octanol–water partition coefficient (Wildman–Crippen LogP) is 0.533. The third-order valence-corrected chi connectivity index (χ3v) is 5.03. The van der Waals surface area contributed by atoms with Crippen LogP contribution in [0.25, 0.3) is 0 Å². The van der Waals surface area contributed by atoms with Crippen molar-refractivity contribution in [2.75, 3.05) is 20.7 Å². The van der Waals surface area contributed by atoms with Crippen molar-refractivity contribution in [1.82, 2.24) is 14.0 Å². The van der Waals surface area contributed by atoms with E-state index in [0.29, 0.717) is 5.01 Å². The van der Waals surface area contributed by atoms with Gasteiger partial charge in [-0.1, -0.05) is 0 Å². The molecule has 19 heavy (non-hydrogen) atoms. The molecule has 7 nitrogen and oxygen atoms in total. The lowest BCUT2D eigenvalue weighted by molar-refractivity contribution is -0.140. The lowest BCUT2D eigenvalue weighted by atomic mass is 10.4. The van der Waals surface area contributed by atoms with Crippen molar-refractivity contribution in [2.45, 2.75) is 19.4 Å². The Bertz CT molecular complexity index is 501. The molecule has 0 saturated heterocycles. The fraction of sp³-hybridized carbons (Fsp3) is 0.600. The minimum Gasteiger partial charge on any atom is -0.469 e. The van der Waals surface area contributed by atoms with Crippen LogP contribution in [-0.2, 0) is 19.7 Å². The van der Waals surface area contributed by atoms with Gasteiger partial charge in [-0.2, -0.15) is 17.4 Å². The van der Waals surface area contributed by atoms with Crippen molar-refractivity contribution in [3.63, 3.8) is 0 Å². The van der Waals surface area contributed by atoms with Gasteiger partial charge in [0.05, 0.1) is 19.6 Å². The molecule has 1 aromatic rings. The Morgan fingerprint density at radius 3 is 2.84 bits per heavy atom. The minimum atomic E-state index is -3.65. The SMILES string of the molecule is COC(=O)CCN(C)S(=O)(=O)NC(C)c1nccs1. The average molecular weight is 307 g/mol. The van der Waals surface area contributed by atoms with Crippen LogP contribution in [0.15, 0.2) is 11.6 Å². The lowest BCUT2D eigenvalue weighted by Gasteiger charge is -2.19. The van der Waals surface area contributed by atoms with Gasteiger partial charge in [0.25, 0.3) is 10.2 Å². The summed E-state index contributed by atoms with van der Waals surface area (Å²) >= 11 is 1.37. The van der Waals surface area contributed by atoms with E-state index in [1.165, 1.54) is 25.5 Å². The van der Waals surface area contributed by atoms with Gasteiger partial charge in [-0.3, -0.25) is 4.79 Å². The minimum absolute atomic E-state index is 0.0134. The van der Waals surface area contributed by atoms with E-state index < -0.39 is 22.2 Å². The standard InChI is InChI=1S/C10H17N3O4S2/c1-8(10-11-5-7-18-10)12-19(15,16)13(2)6-4-9(14)17-3/h5,7-8,12H,4,6H2,1-3H3. The molecule has 1 rings (SSSR count). The Morgan fingerprint density at radius 2 is 2.32 bits per heavy atom. The van der Waals surface area contributed by atoms with Crippen molar-refractivity contribution in [2.24, 2.45) is 0 Å². The van der Waals surface area contributed by atoms with Crippen molar-refractivity contribution in [3.05, 3.63) is 16.6 Å². The number of hydrogen-bond acceptors (Lipinski definition) is 6. The van der Waals surface area contributed by atoms with Gasteiger partial charge in [0.15, 0.2) is 0 Å². The second-order valence-corrected chi connectivity index (χ2v) is 6.60. The highest BCUT2D eigenvalue weighted by Gasteiger charge is 2.22. The fourth-order valence-corrected chi connectivity index (χ4v) is 3.07. The number of carbonyl (C=O) groups is 1. The molecule has 0 aliphatic carbocycles. The van der Waals surface area contributed by atoms with Crippen LogP contribution < -0.4 is 4.72 Å². The Kier molecular flexibility index (Phi) is 5.85. The Labute approximate surface area is 116 Å². The van der Waals surface area contributed by atoms with E-state index in [1.807, 2.05) is 0 Å². The monoisotopic (exact) mass is 307 g/mol. The van der Waals surface area contributed by atoms with E-state index in [9.17, 15) is 13.2 Å². The molecule has 1 atom stereocenters. The number of methoxy groups -OCH3 is 1. The van der Waals surface area contributed by atoms with Gasteiger partial charge in [0.1, 0.15) is 5.01 Å². The molecule has 9 heteroatoms. The van der Waals surface area contributed by atoms with Crippen LogP contribution in [0.4, 0.5) is 0 Å². The van der Waals surface area contributed by atoms with Crippen LogP contribution >= 0.6 is 11.3 Å². The molecule has 0 spiro atoms. The number of carbonyl (C=O) groups excluding carboxylic acids is 1. The lowest BCUT2D eigenvalue weighted by Crippen LogP contribution is -2.40. The van der Waals surface area contributed by atoms with Gasteiger partial charge in [0.2, 0.25) is 0 Å². The number of aromatic nitrogens is 1. The summed E-state index contributed by atoms with van der Waals surface area (Å²) in [7, 11) is -0.981. The molecule has 1 aromatic heterocycles. The first-order chi connectivity index (χ1) is 8.86. The maximum Gasteiger partial charge on any atom is 0.306 e. The zero-order valence-electron chi connectivity index (χ0n) is 11.0. The van der Waals surface area contributed by atoms with Gasteiger partial charge in [0, 0.05) is 25.2 Å². The number of ether oxygens (including phenoxy) is 1. The third-order valence-electron chi connectivity index (χ3n) is 2.42. The van der Waals surface area contributed by atoms with Crippen molar-refractivity contribution >= 4 is 27.5 Å². The number of thiazole rings is 1. The fourth-order valence-electron chi connectivity index (χ4n) is 1.28. The van der Waals surface area contributed by atoms with Gasteiger partial charge < -0.3 is 4.74 Å². The predicted molar refractivity (Wildman–Crippen MR) is 71.8 cm³/mol. The molecule has 0 bridgehead atoms. The zero-order valence-corrected chi connectivity index (χ0v) is 12.6. The first-order valence-corrected chi connectivity index (χ1v) is 7.88. The molecule has 0 aliphatic heterocycles. The highest BCUT2D eigenvalue weighted by Crippen LogP contribution is 2.16. The Balaban J connectivity index is 2.57. The zero-order chi connectivity index (χ0) is 14.5. The molecule has 1 heterocycles. The van der Waals surface area contributed by atoms with Gasteiger partial charge in [-0.05, 0) is 6.92 Å². The average Bonchev–Trinajstić information content (AvgIpc) is 2.88. The van der Waals surface area contributed by atoms with E-state index in [-0.39, 0.29) is 13.0 Å². The summed E-state index contributed by atoms with van der Waals surface area (Å²) in [4.78, 5) is 15.0. The molecular weight excluding hydrogens is 290 g/mol. The molecule has 0 aromatic carbocycles. The Morgan fingerprint density at radius 1 is 1.63 bits per heavy atom. The second kappa shape index (κ2) is 6.94. The molecule has 0 aliphatic rings. The van der Waals surface area contributed by atoms with Crippen LogP contribution in [0.5, 0.6) is 0 Å². The summed E-state index contributed by atoms with van der Waals surface area (Å²) < 4.78 is 32.0. The van der Waals surface area contributed by atoms with Crippen molar-refractivity contribution in [1.29, 1.82) is 0 Å². The summed E-state index contributed by atoms with van der Waals surface area (Å²) in [5, 5.41) is 2.46. The Hall–Kier alpha value is -1.03. The van der Waals surface area contributed by atoms with Crippen LogP contribution in [-0.4, -0.2) is 44.4 Å². The number of nitrogens with one attached hydrogen (secondary N) is 1. The second-order valence-electron chi connectivity index (χ2n) is 3.86. The third kappa shape index (κ3) is 4.86. The van der Waals surface area contributed by atoms with Crippen molar-refractivity contribution < 1.29 is 17.9 Å². The summed E-state index contributed by atoms with van der Waals surface area (Å²) in [5.74, 6) is -0.449. The molecule has 0 radical (unpaired) electrons. The van der Waals surface area contributed by atoms with E-state index >= 15 is 0 Å². The summed E-state index contributed by atoms with van der Waals surface area (Å²) in [6.45, 7) is 1.77. The van der Waals surface area contributed by atoms with Gasteiger partial charge in [-0.15, -0.1) is 11.3 Å². The topological polar surface area (TPSA) is 88.6 Å². The van der Waals surface area contributed by atoms with Crippen LogP contribution in [0.3, 0.4) is 0 Å². The number of rotatable bonds is 7. The van der Waals surface area contributed by atoms with Gasteiger partial charge in [-0.25, -0.2) is 4.98 Å². The molecular formula is C10H17N3O4S2. The molecule has 0 amide bonds. The van der Waals surface area contributed by atoms with E-state index in [4.69, 9.17) is 0 Å². The van der Waals surface area contributed by atoms with Crippen LogP contribution in [0, 0.1) is 0 Å². The quantitative estimate of drug-likeness (QED) is 0.742. The molecule has 108 valence electrons. The van der Waals surface area contributed by atoms with E-state index in [1.54, 1.807) is 18.5 Å². The van der Waals surface area contributed by atoms with Gasteiger partial charge >= 0.3 is 5.97 Å². The molecule has 1 N–H and O–H groups in total. The summed E-state index contributed by atoms with van der Waals surface area (Å²) in [6.07, 6.45) is 1.63. The molecule has 0 fully saturated rings. The largest absolute Gasteiger partial charge is 0.469 e. The first-order valence-electron chi connectivity index (χ1n) is 5.56. The normalized spacial score (nSPS) is 13.5. The number of hydrogen-bond donors (Lipinski definition) is 1. The van der Waals surface area contributed by atoms with Crippen molar-refractivity contribution in [3.8, 4) is 0 Å². The van der Waals surface area contributed by atoms with E-state index in [0.717, 1.165) is 4.31 Å². The highest BCUT2D eigenvalue weighted by atomic mass is 32.2. The molecule has 0 saturated carbocycles. The van der Waals surface area contributed by atoms with Crippen LogP contribution in [0.2, 0.25) is 0 Å². The maximum absolute atomic E-state index is 12.0. The summed E-state index contributed by atoms with van der Waals surface area (Å²) in [5.41, 5.74) is 0.